The largest absolute Gasteiger partial charge is 0.480 e. The summed E-state index contributed by atoms with van der Waals surface area (Å²) in [4.78, 5) is 10.4. The van der Waals surface area contributed by atoms with Crippen LogP contribution in [-0.4, -0.2) is 28.3 Å². The Balaban J connectivity index is 3.21. The summed E-state index contributed by atoms with van der Waals surface area (Å²) in [5.41, 5.74) is 0. The van der Waals surface area contributed by atoms with Gasteiger partial charge in [-0.1, -0.05) is 0 Å². The van der Waals surface area contributed by atoms with Gasteiger partial charge in [0.15, 0.2) is 0 Å². The summed E-state index contributed by atoms with van der Waals surface area (Å²) in [6.45, 7) is 3.22. The fraction of sp³-hybridized carbons (Fsp3) is 0.889. The number of unbranched alkanes of at least 4 members (excludes halogenated alkanes) is 1. The van der Waals surface area contributed by atoms with Crippen molar-refractivity contribution in [3.63, 3.8) is 0 Å². The first-order valence-electron chi connectivity index (χ1n) is 4.52. The summed E-state index contributed by atoms with van der Waals surface area (Å²) in [5, 5.41) is 8.20. The molecule has 0 amide bonds. The van der Waals surface area contributed by atoms with Gasteiger partial charge in [0, 0.05) is 0 Å². The molecule has 0 heterocycles. The molecule has 0 aromatic rings. The van der Waals surface area contributed by atoms with Gasteiger partial charge in [-0.15, -0.1) is 11.8 Å². The molecule has 13 heavy (non-hydrogen) atoms. The van der Waals surface area contributed by atoms with Gasteiger partial charge in [0.2, 0.25) is 0 Å². The first kappa shape index (κ1) is 12.8. The van der Waals surface area contributed by atoms with Gasteiger partial charge >= 0.3 is 5.97 Å². The van der Waals surface area contributed by atoms with E-state index in [0.29, 0.717) is 6.42 Å². The molecule has 0 aliphatic heterocycles. The minimum Gasteiger partial charge on any atom is -0.480 e. The monoisotopic (exact) mass is 208 g/mol. The first-order valence-corrected chi connectivity index (χ1v) is 5.57. The average Bonchev–Trinajstić information content (AvgIpc) is 2.02. The Labute approximate surface area is 82.9 Å². The Hall–Kier alpha value is -0.250. The van der Waals surface area contributed by atoms with Gasteiger partial charge < -0.3 is 5.11 Å². The molecule has 0 fully saturated rings. The number of aliphatic carboxylic acids is 1. The summed E-state index contributed by atoms with van der Waals surface area (Å²) in [6, 6.07) is 0. The maximum atomic E-state index is 12.3. The van der Waals surface area contributed by atoms with Crippen LogP contribution in [-0.2, 0) is 4.79 Å². The second kappa shape index (κ2) is 7.18. The van der Waals surface area contributed by atoms with Crippen molar-refractivity contribution >= 4 is 17.7 Å². The first-order chi connectivity index (χ1) is 6.04. The van der Waals surface area contributed by atoms with E-state index in [1.165, 1.54) is 11.8 Å². The van der Waals surface area contributed by atoms with Crippen LogP contribution in [0.3, 0.4) is 0 Å². The minimum absolute atomic E-state index is 0.345. The molecule has 0 bridgehead atoms. The molecular formula is C9H17FO2S. The molecule has 78 valence electrons. The third-order valence-corrected chi connectivity index (χ3v) is 2.94. The maximum Gasteiger partial charge on any atom is 0.316 e. The highest BCUT2D eigenvalue weighted by atomic mass is 32.2. The van der Waals surface area contributed by atoms with E-state index in [0.717, 1.165) is 18.6 Å². The summed E-state index contributed by atoms with van der Waals surface area (Å²) in [5.74, 6) is 0.0315. The molecule has 0 saturated carbocycles. The average molecular weight is 208 g/mol. The summed E-state index contributed by atoms with van der Waals surface area (Å²) in [7, 11) is 0. The Morgan fingerprint density at radius 1 is 1.46 bits per heavy atom. The van der Waals surface area contributed by atoms with Crippen LogP contribution < -0.4 is 0 Å². The number of carbonyl (C=O) groups is 1. The SMILES string of the molecule is CC(F)CCCCSC(C)C(=O)O. The number of hydrogen-bond donors (Lipinski definition) is 1. The number of halogens is 1. The van der Waals surface area contributed by atoms with Crippen LogP contribution in [0.25, 0.3) is 0 Å². The van der Waals surface area contributed by atoms with Gasteiger partial charge in [0.1, 0.15) is 0 Å². The zero-order valence-electron chi connectivity index (χ0n) is 8.12. The molecular weight excluding hydrogens is 191 g/mol. The number of alkyl halides is 1. The van der Waals surface area contributed by atoms with Crippen molar-refractivity contribution in [2.24, 2.45) is 0 Å². The van der Waals surface area contributed by atoms with E-state index >= 15 is 0 Å². The van der Waals surface area contributed by atoms with Crippen molar-refractivity contribution in [1.29, 1.82) is 0 Å². The molecule has 0 radical (unpaired) electrons. The van der Waals surface area contributed by atoms with E-state index < -0.39 is 12.1 Å². The van der Waals surface area contributed by atoms with Crippen molar-refractivity contribution in [3.8, 4) is 0 Å². The lowest BCUT2D eigenvalue weighted by atomic mass is 10.2. The number of carboxylic acid groups (broad SMARTS) is 1. The van der Waals surface area contributed by atoms with Crippen molar-refractivity contribution < 1.29 is 14.3 Å². The Morgan fingerprint density at radius 3 is 2.54 bits per heavy atom. The smallest absolute Gasteiger partial charge is 0.316 e. The number of hydrogen-bond acceptors (Lipinski definition) is 2. The molecule has 4 heteroatoms. The van der Waals surface area contributed by atoms with E-state index in [9.17, 15) is 9.18 Å². The molecule has 1 N–H and O–H groups in total. The number of rotatable bonds is 7. The van der Waals surface area contributed by atoms with Gasteiger partial charge in [0.25, 0.3) is 0 Å². The Morgan fingerprint density at radius 2 is 2.08 bits per heavy atom. The highest BCUT2D eigenvalue weighted by Crippen LogP contribution is 2.14. The Bertz CT molecular complexity index is 151. The lowest BCUT2D eigenvalue weighted by Gasteiger charge is -2.05. The van der Waals surface area contributed by atoms with Crippen LogP contribution in [0.4, 0.5) is 4.39 Å². The molecule has 0 saturated heterocycles. The van der Waals surface area contributed by atoms with Gasteiger partial charge in [-0.25, -0.2) is 4.39 Å². The molecule has 2 nitrogen and oxygen atoms in total. The van der Waals surface area contributed by atoms with Crippen LogP contribution in [0, 0.1) is 0 Å². The third kappa shape index (κ3) is 8.09. The zero-order valence-corrected chi connectivity index (χ0v) is 8.94. The van der Waals surface area contributed by atoms with Crippen LogP contribution >= 0.6 is 11.8 Å². The summed E-state index contributed by atoms with van der Waals surface area (Å²) < 4.78 is 12.3. The van der Waals surface area contributed by atoms with Crippen LogP contribution in [0.5, 0.6) is 0 Å². The summed E-state index contributed by atoms with van der Waals surface area (Å²) >= 11 is 1.41. The van der Waals surface area contributed by atoms with E-state index in [1.54, 1.807) is 13.8 Å². The fourth-order valence-electron chi connectivity index (χ4n) is 0.859. The molecule has 0 aliphatic carbocycles. The van der Waals surface area contributed by atoms with Gasteiger partial charge in [0.05, 0.1) is 11.4 Å². The lowest BCUT2D eigenvalue weighted by molar-refractivity contribution is -0.136. The van der Waals surface area contributed by atoms with Crippen LogP contribution in [0.15, 0.2) is 0 Å². The van der Waals surface area contributed by atoms with Crippen molar-refractivity contribution in [2.45, 2.75) is 44.5 Å². The standard InChI is InChI=1S/C9H17FO2S/c1-7(10)5-3-4-6-13-8(2)9(11)12/h7-8H,3-6H2,1-2H3,(H,11,12). The van der Waals surface area contributed by atoms with Crippen LogP contribution in [0.2, 0.25) is 0 Å². The van der Waals surface area contributed by atoms with Crippen molar-refractivity contribution in [1.82, 2.24) is 0 Å². The highest BCUT2D eigenvalue weighted by molar-refractivity contribution is 8.00. The minimum atomic E-state index is -0.774. The van der Waals surface area contributed by atoms with Crippen molar-refractivity contribution in [2.75, 3.05) is 5.75 Å². The van der Waals surface area contributed by atoms with E-state index in [2.05, 4.69) is 0 Å². The number of thioether (sulfide) groups is 1. The molecule has 2 atom stereocenters. The van der Waals surface area contributed by atoms with Crippen LogP contribution in [0.1, 0.15) is 33.1 Å². The normalized spacial score (nSPS) is 15.3. The molecule has 2 unspecified atom stereocenters. The molecule has 0 aliphatic rings. The predicted molar refractivity (Wildman–Crippen MR) is 54.0 cm³/mol. The second-order valence-electron chi connectivity index (χ2n) is 3.13. The second-order valence-corrected chi connectivity index (χ2v) is 4.58. The van der Waals surface area contributed by atoms with Crippen molar-refractivity contribution in [3.05, 3.63) is 0 Å². The third-order valence-electron chi connectivity index (χ3n) is 1.71. The lowest BCUT2D eigenvalue weighted by Crippen LogP contribution is -2.12. The molecule has 0 aromatic carbocycles. The fourth-order valence-corrected chi connectivity index (χ4v) is 1.73. The van der Waals surface area contributed by atoms with E-state index in [4.69, 9.17) is 5.11 Å². The summed E-state index contributed by atoms with van der Waals surface area (Å²) in [6.07, 6.45) is 1.59. The molecule has 0 rings (SSSR count). The molecule has 0 spiro atoms. The molecule has 0 aromatic heterocycles. The van der Waals surface area contributed by atoms with Gasteiger partial charge in [-0.2, -0.15) is 0 Å². The quantitative estimate of drug-likeness (QED) is 0.654. The highest BCUT2D eigenvalue weighted by Gasteiger charge is 2.10. The predicted octanol–water partition coefficient (Wildman–Crippen LogP) is 2.72. The topological polar surface area (TPSA) is 37.3 Å². The van der Waals surface area contributed by atoms with Gasteiger partial charge in [-0.05, 0) is 38.9 Å². The Kier molecular flexibility index (Phi) is 7.04. The van der Waals surface area contributed by atoms with E-state index in [-0.39, 0.29) is 5.25 Å². The van der Waals surface area contributed by atoms with E-state index in [1.807, 2.05) is 0 Å². The maximum absolute atomic E-state index is 12.3. The zero-order chi connectivity index (χ0) is 10.3. The number of carboxylic acids is 1. The van der Waals surface area contributed by atoms with Gasteiger partial charge in [-0.3, -0.25) is 4.79 Å².